The van der Waals surface area contributed by atoms with E-state index in [2.05, 4.69) is 9.46 Å². The maximum atomic E-state index is 12.8. The van der Waals surface area contributed by atoms with E-state index in [1.807, 2.05) is 0 Å². The van der Waals surface area contributed by atoms with Crippen LogP contribution in [-0.4, -0.2) is 47.7 Å². The minimum Gasteiger partial charge on any atom is -0.493 e. The third kappa shape index (κ3) is 4.48. The lowest BCUT2D eigenvalue weighted by atomic mass is 10.1. The molecule has 2 aromatic carbocycles. The highest BCUT2D eigenvalue weighted by molar-refractivity contribution is 7.92. The standard InChI is InChI=1S/C17H18N2O9S/c1-25-14-6-5-10(7-13(14)19(21)22)29(23,24)18-12-9-16(27-3)15(26-2)8-11(12)17(20)28-4/h5-9,18H,1-4H3. The van der Waals surface area contributed by atoms with Crippen LogP contribution in [0, 0.1) is 10.1 Å². The number of anilines is 1. The largest absolute Gasteiger partial charge is 0.493 e. The molecule has 0 spiro atoms. The molecule has 29 heavy (non-hydrogen) atoms. The lowest BCUT2D eigenvalue weighted by molar-refractivity contribution is -0.386. The van der Waals surface area contributed by atoms with Crippen molar-refractivity contribution in [1.82, 2.24) is 0 Å². The molecule has 12 heteroatoms. The number of ether oxygens (including phenoxy) is 4. The van der Waals surface area contributed by atoms with Crippen LogP contribution in [0.5, 0.6) is 17.2 Å². The molecule has 2 rings (SSSR count). The first-order valence-corrected chi connectivity index (χ1v) is 9.36. The second kappa shape index (κ2) is 8.65. The quantitative estimate of drug-likeness (QED) is 0.381. The van der Waals surface area contributed by atoms with Gasteiger partial charge in [-0.1, -0.05) is 0 Å². The minimum absolute atomic E-state index is 0.102. The first-order chi connectivity index (χ1) is 13.7. The van der Waals surface area contributed by atoms with Crippen LogP contribution in [0.25, 0.3) is 0 Å². The summed E-state index contributed by atoms with van der Waals surface area (Å²) in [5.74, 6) is -0.603. The fourth-order valence-corrected chi connectivity index (χ4v) is 3.52. The average molecular weight is 426 g/mol. The van der Waals surface area contributed by atoms with Gasteiger partial charge in [-0.15, -0.1) is 0 Å². The number of esters is 1. The summed E-state index contributed by atoms with van der Waals surface area (Å²) in [6.07, 6.45) is 0. The van der Waals surface area contributed by atoms with Crippen molar-refractivity contribution in [3.63, 3.8) is 0 Å². The maximum Gasteiger partial charge on any atom is 0.340 e. The molecule has 0 aliphatic rings. The lowest BCUT2D eigenvalue weighted by Gasteiger charge is -2.15. The highest BCUT2D eigenvalue weighted by Crippen LogP contribution is 2.35. The number of nitrogens with one attached hydrogen (secondary N) is 1. The Hall–Kier alpha value is -3.54. The Balaban J connectivity index is 2.58. The molecule has 0 aliphatic heterocycles. The molecular weight excluding hydrogens is 408 g/mol. The molecule has 156 valence electrons. The van der Waals surface area contributed by atoms with Gasteiger partial charge in [-0.05, 0) is 12.1 Å². The van der Waals surface area contributed by atoms with Crippen molar-refractivity contribution in [3.8, 4) is 17.2 Å². The zero-order valence-corrected chi connectivity index (χ0v) is 16.7. The third-order valence-electron chi connectivity index (χ3n) is 3.83. The van der Waals surface area contributed by atoms with E-state index in [-0.39, 0.29) is 28.5 Å². The Morgan fingerprint density at radius 3 is 2.07 bits per heavy atom. The van der Waals surface area contributed by atoms with Gasteiger partial charge in [0.15, 0.2) is 17.2 Å². The van der Waals surface area contributed by atoms with E-state index in [0.717, 1.165) is 25.3 Å². The lowest BCUT2D eigenvalue weighted by Crippen LogP contribution is -2.17. The molecule has 0 saturated heterocycles. The summed E-state index contributed by atoms with van der Waals surface area (Å²) in [5, 5.41) is 11.2. The molecule has 11 nitrogen and oxygen atoms in total. The van der Waals surface area contributed by atoms with Gasteiger partial charge in [0.2, 0.25) is 0 Å². The van der Waals surface area contributed by atoms with Crippen LogP contribution < -0.4 is 18.9 Å². The summed E-state index contributed by atoms with van der Waals surface area (Å²) in [5.41, 5.74) is -0.833. The van der Waals surface area contributed by atoms with E-state index < -0.39 is 31.5 Å². The molecule has 0 radical (unpaired) electrons. The predicted octanol–water partition coefficient (Wildman–Crippen LogP) is 2.21. The van der Waals surface area contributed by atoms with Crippen molar-refractivity contribution < 1.29 is 37.1 Å². The van der Waals surface area contributed by atoms with Gasteiger partial charge in [0.25, 0.3) is 10.0 Å². The van der Waals surface area contributed by atoms with E-state index in [0.29, 0.717) is 0 Å². The van der Waals surface area contributed by atoms with E-state index >= 15 is 0 Å². The highest BCUT2D eigenvalue weighted by atomic mass is 32.2. The molecule has 0 aliphatic carbocycles. The first-order valence-electron chi connectivity index (χ1n) is 7.88. The van der Waals surface area contributed by atoms with E-state index in [4.69, 9.17) is 14.2 Å². The molecule has 0 atom stereocenters. The molecule has 0 heterocycles. The second-order valence-corrected chi connectivity index (χ2v) is 7.12. The summed E-state index contributed by atoms with van der Waals surface area (Å²) < 4.78 is 47.6. The number of carbonyl (C=O) groups is 1. The van der Waals surface area contributed by atoms with Crippen LogP contribution in [0.15, 0.2) is 35.2 Å². The highest BCUT2D eigenvalue weighted by Gasteiger charge is 2.25. The molecule has 0 bridgehead atoms. The summed E-state index contributed by atoms with van der Waals surface area (Å²) in [4.78, 5) is 22.1. The van der Waals surface area contributed by atoms with E-state index in [1.165, 1.54) is 33.5 Å². The van der Waals surface area contributed by atoms with Gasteiger partial charge in [-0.2, -0.15) is 0 Å². The van der Waals surface area contributed by atoms with Crippen molar-refractivity contribution >= 4 is 27.4 Å². The Kier molecular flexibility index (Phi) is 6.49. The number of sulfonamides is 1. The number of nitrogens with zero attached hydrogens (tertiary/aromatic N) is 1. The summed E-state index contributed by atoms with van der Waals surface area (Å²) in [7, 11) is 0.716. The zero-order chi connectivity index (χ0) is 21.8. The molecule has 2 aromatic rings. The summed E-state index contributed by atoms with van der Waals surface area (Å²) in [6, 6.07) is 5.62. The number of rotatable bonds is 8. The van der Waals surface area contributed by atoms with Gasteiger partial charge in [0.1, 0.15) is 0 Å². The van der Waals surface area contributed by atoms with Crippen LogP contribution in [0.3, 0.4) is 0 Å². The van der Waals surface area contributed by atoms with Crippen LogP contribution >= 0.6 is 0 Å². The molecule has 0 saturated carbocycles. The van der Waals surface area contributed by atoms with Gasteiger partial charge in [-0.3, -0.25) is 14.8 Å². The normalized spacial score (nSPS) is 10.8. The molecule has 1 N–H and O–H groups in total. The number of hydrogen-bond acceptors (Lipinski definition) is 9. The van der Waals surface area contributed by atoms with Crippen molar-refractivity contribution in [2.75, 3.05) is 33.2 Å². The number of hydrogen-bond donors (Lipinski definition) is 1. The van der Waals surface area contributed by atoms with Crippen LogP contribution in [0.4, 0.5) is 11.4 Å². The number of carbonyl (C=O) groups excluding carboxylic acids is 1. The van der Waals surface area contributed by atoms with Crippen LogP contribution in [-0.2, 0) is 14.8 Å². The minimum atomic E-state index is -4.32. The van der Waals surface area contributed by atoms with Crippen molar-refractivity contribution in [1.29, 1.82) is 0 Å². The van der Waals surface area contributed by atoms with Crippen molar-refractivity contribution in [3.05, 3.63) is 46.0 Å². The number of methoxy groups -OCH3 is 4. The fraction of sp³-hybridized carbons (Fsp3) is 0.235. The summed E-state index contributed by atoms with van der Waals surface area (Å²) in [6.45, 7) is 0. The first kappa shape index (κ1) is 21.8. The van der Waals surface area contributed by atoms with Gasteiger partial charge in [-0.25, -0.2) is 13.2 Å². The van der Waals surface area contributed by atoms with Crippen molar-refractivity contribution in [2.45, 2.75) is 4.90 Å². The Morgan fingerprint density at radius 2 is 1.55 bits per heavy atom. The molecule has 0 fully saturated rings. The molecular formula is C17H18N2O9S. The number of nitro groups is 1. The maximum absolute atomic E-state index is 12.8. The SMILES string of the molecule is COC(=O)c1cc(OC)c(OC)cc1NS(=O)(=O)c1ccc(OC)c([N+](=O)[O-])c1. The fourth-order valence-electron chi connectivity index (χ4n) is 2.43. The topological polar surface area (TPSA) is 143 Å². The van der Waals surface area contributed by atoms with Gasteiger partial charge >= 0.3 is 11.7 Å². The Morgan fingerprint density at radius 1 is 0.966 bits per heavy atom. The third-order valence-corrected chi connectivity index (χ3v) is 5.19. The molecule has 0 amide bonds. The smallest absolute Gasteiger partial charge is 0.340 e. The number of nitro benzene ring substituents is 1. The molecule has 0 aromatic heterocycles. The van der Waals surface area contributed by atoms with Crippen LogP contribution in [0.2, 0.25) is 0 Å². The zero-order valence-electron chi connectivity index (χ0n) is 15.9. The Labute approximate surface area is 166 Å². The Bertz CT molecular complexity index is 1050. The average Bonchev–Trinajstić information content (AvgIpc) is 2.71. The van der Waals surface area contributed by atoms with E-state index in [9.17, 15) is 23.3 Å². The van der Waals surface area contributed by atoms with Crippen LogP contribution in [0.1, 0.15) is 10.4 Å². The van der Waals surface area contributed by atoms with Gasteiger partial charge in [0.05, 0.1) is 49.5 Å². The predicted molar refractivity (Wildman–Crippen MR) is 101 cm³/mol. The monoisotopic (exact) mass is 426 g/mol. The van der Waals surface area contributed by atoms with E-state index in [1.54, 1.807) is 0 Å². The molecule has 0 unspecified atom stereocenters. The number of benzene rings is 2. The van der Waals surface area contributed by atoms with Gasteiger partial charge < -0.3 is 18.9 Å². The van der Waals surface area contributed by atoms with Gasteiger partial charge in [0, 0.05) is 18.2 Å². The second-order valence-electron chi connectivity index (χ2n) is 5.44. The summed E-state index contributed by atoms with van der Waals surface area (Å²) >= 11 is 0. The van der Waals surface area contributed by atoms with Crippen molar-refractivity contribution in [2.24, 2.45) is 0 Å².